The van der Waals surface area contributed by atoms with E-state index in [1.807, 2.05) is 47.8 Å². The largest absolute Gasteiger partial charge is 0.503 e. The van der Waals surface area contributed by atoms with Gasteiger partial charge in [-0.15, -0.1) is 11.3 Å². The van der Waals surface area contributed by atoms with Crippen LogP contribution in [-0.2, 0) is 11.3 Å². The number of fused-ring (bicyclic) bond motifs is 1. The molecule has 0 saturated heterocycles. The van der Waals surface area contributed by atoms with E-state index in [0.29, 0.717) is 16.0 Å². The van der Waals surface area contributed by atoms with Crippen LogP contribution in [0.25, 0.3) is 11.0 Å². The summed E-state index contributed by atoms with van der Waals surface area (Å²) >= 11 is 7.55. The number of carbonyl (C=O) groups excluding carboxylic acids is 2. The molecule has 1 aliphatic rings. The van der Waals surface area contributed by atoms with Gasteiger partial charge in [-0.1, -0.05) is 48.0 Å². The molecule has 5 nitrogen and oxygen atoms in total. The van der Waals surface area contributed by atoms with Gasteiger partial charge in [-0.2, -0.15) is 0 Å². The van der Waals surface area contributed by atoms with Gasteiger partial charge in [-0.3, -0.25) is 9.59 Å². The molecule has 0 spiro atoms. The fraction of sp³-hybridized carbons (Fsp3) is 0.0833. The predicted octanol–water partition coefficient (Wildman–Crippen LogP) is 5.93. The Balaban J connectivity index is 1.60. The minimum absolute atomic E-state index is 0.0120. The second kappa shape index (κ2) is 7.72. The highest BCUT2D eigenvalue weighted by molar-refractivity contribution is 7.09. The van der Waals surface area contributed by atoms with Crippen LogP contribution in [0.3, 0.4) is 0 Å². The lowest BCUT2D eigenvalue weighted by atomic mass is 9.95. The van der Waals surface area contributed by atoms with E-state index in [1.165, 1.54) is 16.2 Å². The first-order valence-electron chi connectivity index (χ1n) is 9.58. The van der Waals surface area contributed by atoms with Gasteiger partial charge in [0.05, 0.1) is 18.2 Å². The first-order valence-corrected chi connectivity index (χ1v) is 10.8. The van der Waals surface area contributed by atoms with Crippen LogP contribution < -0.4 is 0 Å². The molecule has 1 aliphatic heterocycles. The maximum atomic E-state index is 13.5. The van der Waals surface area contributed by atoms with Crippen molar-refractivity contribution in [2.75, 3.05) is 0 Å². The van der Waals surface area contributed by atoms with Crippen LogP contribution in [0.15, 0.2) is 87.9 Å². The molecule has 2 aromatic carbocycles. The topological polar surface area (TPSA) is 70.8 Å². The Morgan fingerprint density at radius 3 is 2.65 bits per heavy atom. The number of carbonyl (C=O) groups is 2. The summed E-state index contributed by atoms with van der Waals surface area (Å²) in [6, 6.07) is 18.9. The number of nitrogens with zero attached hydrogens (tertiary/aromatic N) is 1. The average molecular weight is 450 g/mol. The van der Waals surface area contributed by atoms with Gasteiger partial charge < -0.3 is 14.4 Å². The van der Waals surface area contributed by atoms with Crippen molar-refractivity contribution in [1.82, 2.24) is 4.90 Å². The van der Waals surface area contributed by atoms with Crippen molar-refractivity contribution >= 4 is 45.6 Å². The smallest absolute Gasteiger partial charge is 0.290 e. The molecule has 4 aromatic rings. The summed E-state index contributed by atoms with van der Waals surface area (Å²) in [6.45, 7) is 0.284. The predicted molar refractivity (Wildman–Crippen MR) is 119 cm³/mol. The number of rotatable bonds is 5. The molecule has 0 fully saturated rings. The molecule has 31 heavy (non-hydrogen) atoms. The van der Waals surface area contributed by atoms with Crippen molar-refractivity contribution in [3.8, 4) is 0 Å². The maximum absolute atomic E-state index is 13.5. The van der Waals surface area contributed by atoms with E-state index in [-0.39, 0.29) is 17.9 Å². The fourth-order valence-corrected chi connectivity index (χ4v) is 4.74. The molecule has 7 heteroatoms. The Bertz CT molecular complexity index is 1320. The van der Waals surface area contributed by atoms with E-state index in [2.05, 4.69) is 0 Å². The number of aliphatic hydroxyl groups is 1. The minimum atomic E-state index is -0.722. The number of ketones is 1. The molecule has 0 aliphatic carbocycles. The third-order valence-electron chi connectivity index (χ3n) is 5.27. The lowest BCUT2D eigenvalue weighted by Crippen LogP contribution is -2.30. The Hall–Kier alpha value is -3.35. The molecular formula is C24H16ClNO4S. The quantitative estimate of drug-likeness (QED) is 0.383. The number of amides is 1. The molecular weight excluding hydrogens is 434 g/mol. The number of halogens is 1. The third-order valence-corrected chi connectivity index (χ3v) is 6.37. The van der Waals surface area contributed by atoms with Crippen LogP contribution in [0.5, 0.6) is 0 Å². The summed E-state index contributed by atoms with van der Waals surface area (Å²) in [6.07, 6.45) is 0. The summed E-state index contributed by atoms with van der Waals surface area (Å²) in [5.41, 5.74) is 1.25. The first kappa shape index (κ1) is 19.6. The standard InChI is InChI=1S/C24H16ClNO4S/c25-16-8-9-18-15(11-16)12-19(30-18)22(27)20-21(14-5-2-1-3-6-14)26(24(29)23(20)28)13-17-7-4-10-31-17/h1-12,21,28H,13H2. The van der Waals surface area contributed by atoms with Gasteiger partial charge in [-0.05, 0) is 41.3 Å². The summed E-state index contributed by atoms with van der Waals surface area (Å²) in [5.74, 6) is -1.61. The molecule has 2 aromatic heterocycles. The summed E-state index contributed by atoms with van der Waals surface area (Å²) in [7, 11) is 0. The number of aliphatic hydroxyl groups excluding tert-OH is 1. The summed E-state index contributed by atoms with van der Waals surface area (Å²) < 4.78 is 5.72. The fourth-order valence-electron chi connectivity index (χ4n) is 3.86. The van der Waals surface area contributed by atoms with Crippen LogP contribution in [0.2, 0.25) is 5.02 Å². The van der Waals surface area contributed by atoms with Crippen LogP contribution in [0.1, 0.15) is 27.0 Å². The number of furan rings is 1. The first-order chi connectivity index (χ1) is 15.0. The second-order valence-electron chi connectivity index (χ2n) is 7.21. The average Bonchev–Trinajstić information content (AvgIpc) is 3.49. The number of hydrogen-bond donors (Lipinski definition) is 1. The molecule has 1 N–H and O–H groups in total. The Kier molecular flexibility index (Phi) is 4.88. The van der Waals surface area contributed by atoms with E-state index in [4.69, 9.17) is 16.0 Å². The van der Waals surface area contributed by atoms with Gasteiger partial charge in [0.15, 0.2) is 11.5 Å². The van der Waals surface area contributed by atoms with Crippen molar-refractivity contribution in [1.29, 1.82) is 0 Å². The molecule has 1 unspecified atom stereocenters. The van der Waals surface area contributed by atoms with Crippen LogP contribution in [0, 0.1) is 0 Å². The zero-order valence-electron chi connectivity index (χ0n) is 16.1. The Morgan fingerprint density at radius 1 is 1.10 bits per heavy atom. The molecule has 3 heterocycles. The minimum Gasteiger partial charge on any atom is -0.503 e. The number of Topliss-reactive ketones (excluding diaryl/α,β-unsaturated/α-hetero) is 1. The lowest BCUT2D eigenvalue weighted by molar-refractivity contribution is -0.130. The normalized spacial score (nSPS) is 16.5. The van der Waals surface area contributed by atoms with Crippen molar-refractivity contribution in [2.45, 2.75) is 12.6 Å². The van der Waals surface area contributed by atoms with E-state index in [9.17, 15) is 14.7 Å². The third kappa shape index (κ3) is 3.44. The molecule has 1 atom stereocenters. The van der Waals surface area contributed by atoms with Crippen molar-refractivity contribution in [3.63, 3.8) is 0 Å². The molecule has 5 rings (SSSR count). The zero-order chi connectivity index (χ0) is 21.5. The van der Waals surface area contributed by atoms with E-state index in [1.54, 1.807) is 24.3 Å². The Labute approximate surface area is 186 Å². The van der Waals surface area contributed by atoms with Gasteiger partial charge in [0.2, 0.25) is 5.78 Å². The molecule has 154 valence electrons. The van der Waals surface area contributed by atoms with Gasteiger partial charge in [-0.25, -0.2) is 0 Å². The lowest BCUT2D eigenvalue weighted by Gasteiger charge is -2.26. The van der Waals surface area contributed by atoms with E-state index < -0.39 is 23.5 Å². The van der Waals surface area contributed by atoms with Crippen LogP contribution >= 0.6 is 22.9 Å². The van der Waals surface area contributed by atoms with E-state index in [0.717, 1.165) is 10.4 Å². The SMILES string of the molecule is O=C(C1=C(O)C(=O)N(Cc2cccs2)C1c1ccccc1)c1cc2cc(Cl)ccc2o1. The monoisotopic (exact) mass is 449 g/mol. The number of hydrogen-bond acceptors (Lipinski definition) is 5. The molecule has 0 radical (unpaired) electrons. The summed E-state index contributed by atoms with van der Waals surface area (Å²) in [4.78, 5) is 28.9. The zero-order valence-corrected chi connectivity index (χ0v) is 17.7. The van der Waals surface area contributed by atoms with Gasteiger partial charge in [0.1, 0.15) is 5.58 Å². The highest BCUT2D eigenvalue weighted by atomic mass is 35.5. The Morgan fingerprint density at radius 2 is 1.90 bits per heavy atom. The highest BCUT2D eigenvalue weighted by Crippen LogP contribution is 2.40. The van der Waals surface area contributed by atoms with Gasteiger partial charge in [0, 0.05) is 15.3 Å². The molecule has 1 amide bonds. The van der Waals surface area contributed by atoms with Crippen LogP contribution in [-0.4, -0.2) is 21.7 Å². The number of benzene rings is 2. The van der Waals surface area contributed by atoms with Gasteiger partial charge in [0.25, 0.3) is 5.91 Å². The molecule has 0 saturated carbocycles. The van der Waals surface area contributed by atoms with Crippen molar-refractivity contribution < 1.29 is 19.1 Å². The van der Waals surface area contributed by atoms with Gasteiger partial charge >= 0.3 is 0 Å². The highest BCUT2D eigenvalue weighted by Gasteiger charge is 2.44. The van der Waals surface area contributed by atoms with Crippen molar-refractivity contribution in [3.05, 3.63) is 105 Å². The van der Waals surface area contributed by atoms with Crippen LogP contribution in [0.4, 0.5) is 0 Å². The second-order valence-corrected chi connectivity index (χ2v) is 8.68. The van der Waals surface area contributed by atoms with E-state index >= 15 is 0 Å². The number of thiophene rings is 1. The molecule has 0 bridgehead atoms. The summed E-state index contributed by atoms with van der Waals surface area (Å²) in [5, 5.41) is 13.9. The maximum Gasteiger partial charge on any atom is 0.290 e. The van der Waals surface area contributed by atoms with Crippen molar-refractivity contribution in [2.24, 2.45) is 0 Å².